The molecule has 0 spiro atoms. The van der Waals surface area contributed by atoms with Gasteiger partial charge in [0.1, 0.15) is 5.82 Å². The van der Waals surface area contributed by atoms with E-state index in [-0.39, 0.29) is 6.04 Å². The van der Waals surface area contributed by atoms with Crippen LogP contribution in [0.25, 0.3) is 0 Å². The third kappa shape index (κ3) is 4.24. The van der Waals surface area contributed by atoms with Crippen molar-refractivity contribution in [2.45, 2.75) is 25.7 Å². The molecule has 0 saturated carbocycles. The van der Waals surface area contributed by atoms with Gasteiger partial charge in [-0.3, -0.25) is 4.90 Å². The van der Waals surface area contributed by atoms with E-state index in [1.54, 1.807) is 13.2 Å². The van der Waals surface area contributed by atoms with Crippen molar-refractivity contribution in [3.05, 3.63) is 47.8 Å². The first-order valence-electron chi connectivity index (χ1n) is 8.39. The molecule has 8 heteroatoms. The predicted molar refractivity (Wildman–Crippen MR) is 92.1 cm³/mol. The van der Waals surface area contributed by atoms with Crippen LogP contribution in [0.2, 0.25) is 0 Å². The molecule has 1 saturated heterocycles. The number of piperazine rings is 1. The number of halogens is 3. The van der Waals surface area contributed by atoms with Gasteiger partial charge in [0, 0.05) is 44.5 Å². The van der Waals surface area contributed by atoms with Gasteiger partial charge in [-0.05, 0) is 25.1 Å². The second-order valence-electron chi connectivity index (χ2n) is 6.34. The molecule has 0 aromatic carbocycles. The number of methoxy groups -OCH3 is 1. The van der Waals surface area contributed by atoms with Crippen LogP contribution >= 0.6 is 0 Å². The van der Waals surface area contributed by atoms with Crippen LogP contribution in [-0.2, 0) is 12.7 Å². The van der Waals surface area contributed by atoms with Gasteiger partial charge in [0.15, 0.2) is 0 Å². The summed E-state index contributed by atoms with van der Waals surface area (Å²) in [6.45, 7) is 4.97. The lowest BCUT2D eigenvalue weighted by atomic mass is 10.1. The normalized spacial score (nSPS) is 18.8. The van der Waals surface area contributed by atoms with Gasteiger partial charge in [-0.25, -0.2) is 9.97 Å². The largest absolute Gasteiger partial charge is 0.481 e. The van der Waals surface area contributed by atoms with Crippen LogP contribution in [0.5, 0.6) is 5.88 Å². The minimum atomic E-state index is -4.36. The number of hydrogen-bond donors (Lipinski definition) is 0. The molecule has 5 nitrogen and oxygen atoms in total. The molecule has 1 atom stereocenters. The highest BCUT2D eigenvalue weighted by molar-refractivity contribution is 5.40. The Morgan fingerprint density at radius 2 is 2.00 bits per heavy atom. The van der Waals surface area contributed by atoms with E-state index in [2.05, 4.69) is 21.8 Å². The molecular formula is C18H21F3N4O. The number of rotatable bonds is 4. The van der Waals surface area contributed by atoms with Gasteiger partial charge < -0.3 is 9.64 Å². The SMILES string of the molecule is COc1cccc(CN2CCN(c3ccc(C(F)(F)F)cn3)CC2C)n1. The van der Waals surface area contributed by atoms with E-state index in [0.717, 1.165) is 24.5 Å². The lowest BCUT2D eigenvalue weighted by Crippen LogP contribution is -2.51. The summed E-state index contributed by atoms with van der Waals surface area (Å²) in [5.74, 6) is 1.16. The number of nitrogens with zero attached hydrogens (tertiary/aromatic N) is 4. The molecule has 1 aliphatic rings. The molecule has 0 bridgehead atoms. The molecule has 3 heterocycles. The van der Waals surface area contributed by atoms with Gasteiger partial charge in [-0.1, -0.05) is 6.07 Å². The van der Waals surface area contributed by atoms with Gasteiger partial charge in [-0.2, -0.15) is 13.2 Å². The molecule has 2 aromatic rings. The molecule has 0 aliphatic carbocycles. The van der Waals surface area contributed by atoms with Gasteiger partial charge in [0.2, 0.25) is 5.88 Å². The van der Waals surface area contributed by atoms with E-state index in [1.165, 1.54) is 6.07 Å². The van der Waals surface area contributed by atoms with Gasteiger partial charge in [0.25, 0.3) is 0 Å². The van der Waals surface area contributed by atoms with E-state index in [4.69, 9.17) is 4.74 Å². The first-order chi connectivity index (χ1) is 12.4. The van der Waals surface area contributed by atoms with Crippen molar-refractivity contribution in [1.82, 2.24) is 14.9 Å². The van der Waals surface area contributed by atoms with Crippen LogP contribution < -0.4 is 9.64 Å². The topological polar surface area (TPSA) is 41.5 Å². The summed E-state index contributed by atoms with van der Waals surface area (Å²) in [7, 11) is 1.59. The summed E-state index contributed by atoms with van der Waals surface area (Å²) in [4.78, 5) is 12.7. The van der Waals surface area contributed by atoms with Crippen molar-refractivity contribution in [3.63, 3.8) is 0 Å². The van der Waals surface area contributed by atoms with Gasteiger partial charge in [0.05, 0.1) is 18.4 Å². The Balaban J connectivity index is 1.62. The quantitative estimate of drug-likeness (QED) is 0.831. The molecule has 3 rings (SSSR count). The van der Waals surface area contributed by atoms with Crippen molar-refractivity contribution in [2.75, 3.05) is 31.6 Å². The molecule has 0 amide bonds. The Kier molecular flexibility index (Phi) is 5.31. The van der Waals surface area contributed by atoms with Crippen LogP contribution in [0, 0.1) is 0 Å². The number of pyridine rings is 2. The second kappa shape index (κ2) is 7.49. The van der Waals surface area contributed by atoms with E-state index < -0.39 is 11.7 Å². The van der Waals surface area contributed by atoms with E-state index in [9.17, 15) is 13.2 Å². The Bertz CT molecular complexity index is 736. The van der Waals surface area contributed by atoms with E-state index in [0.29, 0.717) is 31.3 Å². The average Bonchev–Trinajstić information content (AvgIpc) is 2.63. The summed E-state index contributed by atoms with van der Waals surface area (Å²) >= 11 is 0. The Morgan fingerprint density at radius 1 is 1.19 bits per heavy atom. The molecule has 0 radical (unpaired) electrons. The molecule has 26 heavy (non-hydrogen) atoms. The van der Waals surface area contributed by atoms with Crippen LogP contribution in [0.3, 0.4) is 0 Å². The fraction of sp³-hybridized carbons (Fsp3) is 0.444. The van der Waals surface area contributed by atoms with Crippen LogP contribution in [0.4, 0.5) is 19.0 Å². The molecule has 2 aromatic heterocycles. The summed E-state index contributed by atoms with van der Waals surface area (Å²) < 4.78 is 43.1. The van der Waals surface area contributed by atoms with Crippen LogP contribution in [0.15, 0.2) is 36.5 Å². The maximum atomic E-state index is 12.7. The molecule has 1 unspecified atom stereocenters. The highest BCUT2D eigenvalue weighted by Crippen LogP contribution is 2.29. The molecule has 140 valence electrons. The third-order valence-electron chi connectivity index (χ3n) is 4.52. The first kappa shape index (κ1) is 18.4. The number of alkyl halides is 3. The minimum Gasteiger partial charge on any atom is -0.481 e. The second-order valence-corrected chi connectivity index (χ2v) is 6.34. The smallest absolute Gasteiger partial charge is 0.417 e. The van der Waals surface area contributed by atoms with Crippen molar-refractivity contribution < 1.29 is 17.9 Å². The fourth-order valence-electron chi connectivity index (χ4n) is 3.05. The highest BCUT2D eigenvalue weighted by Gasteiger charge is 2.31. The average molecular weight is 366 g/mol. The summed E-state index contributed by atoms with van der Waals surface area (Å²) in [5.41, 5.74) is 0.203. The Hall–Kier alpha value is -2.35. The minimum absolute atomic E-state index is 0.223. The fourth-order valence-corrected chi connectivity index (χ4v) is 3.05. The zero-order valence-corrected chi connectivity index (χ0v) is 14.7. The highest BCUT2D eigenvalue weighted by atomic mass is 19.4. The Labute approximate surface area is 150 Å². The van der Waals surface area contributed by atoms with Crippen LogP contribution in [-0.4, -0.2) is 47.7 Å². The Morgan fingerprint density at radius 3 is 2.62 bits per heavy atom. The van der Waals surface area contributed by atoms with Gasteiger partial charge in [-0.15, -0.1) is 0 Å². The van der Waals surface area contributed by atoms with Crippen molar-refractivity contribution >= 4 is 5.82 Å². The number of hydrogen-bond acceptors (Lipinski definition) is 5. The molecular weight excluding hydrogens is 345 g/mol. The van der Waals surface area contributed by atoms with Gasteiger partial charge >= 0.3 is 6.18 Å². The van der Waals surface area contributed by atoms with Crippen molar-refractivity contribution in [1.29, 1.82) is 0 Å². The lowest BCUT2D eigenvalue weighted by molar-refractivity contribution is -0.137. The number of aromatic nitrogens is 2. The number of anilines is 1. The molecule has 1 aliphatic heterocycles. The standard InChI is InChI=1S/C18H21F3N4O/c1-13-11-25(16-7-6-14(10-22-16)18(19,20)21)9-8-24(13)12-15-4-3-5-17(23-15)26-2/h3-7,10,13H,8-9,11-12H2,1-2H3. The monoisotopic (exact) mass is 366 g/mol. The zero-order chi connectivity index (χ0) is 18.7. The van der Waals surface area contributed by atoms with Crippen molar-refractivity contribution in [2.24, 2.45) is 0 Å². The maximum absolute atomic E-state index is 12.7. The summed E-state index contributed by atoms with van der Waals surface area (Å²) in [6, 6.07) is 8.42. The summed E-state index contributed by atoms with van der Waals surface area (Å²) in [6.07, 6.45) is -3.46. The zero-order valence-electron chi connectivity index (χ0n) is 14.7. The van der Waals surface area contributed by atoms with Crippen molar-refractivity contribution in [3.8, 4) is 5.88 Å². The van der Waals surface area contributed by atoms with E-state index >= 15 is 0 Å². The molecule has 0 N–H and O–H groups in total. The maximum Gasteiger partial charge on any atom is 0.417 e. The summed E-state index contributed by atoms with van der Waals surface area (Å²) in [5, 5.41) is 0. The van der Waals surface area contributed by atoms with Crippen LogP contribution in [0.1, 0.15) is 18.2 Å². The molecule has 1 fully saturated rings. The third-order valence-corrected chi connectivity index (χ3v) is 4.52. The predicted octanol–water partition coefficient (Wildman–Crippen LogP) is 3.21. The van der Waals surface area contributed by atoms with E-state index in [1.807, 2.05) is 17.0 Å². The lowest BCUT2D eigenvalue weighted by Gasteiger charge is -2.40. The number of ether oxygens (including phenoxy) is 1. The first-order valence-corrected chi connectivity index (χ1v) is 8.39.